The molecule has 2 unspecified atom stereocenters. The normalized spacial score (nSPS) is 13.4. The molecule has 0 saturated carbocycles. The van der Waals surface area contributed by atoms with E-state index < -0.39 is 6.04 Å². The summed E-state index contributed by atoms with van der Waals surface area (Å²) in [6, 6.07) is 6.27. The molecule has 110 valence electrons. The van der Waals surface area contributed by atoms with Crippen molar-refractivity contribution in [2.45, 2.75) is 33.2 Å². The predicted molar refractivity (Wildman–Crippen MR) is 80.5 cm³/mol. The van der Waals surface area contributed by atoms with Gasteiger partial charge in [-0.1, -0.05) is 26.3 Å². The fraction of sp³-hybridized carbons (Fsp3) is 0.467. The number of carbonyl (C=O) groups excluding carboxylic acids is 2. The standard InChI is InChI=1S/C15H23N3O2/c1-4-10(3)13(16)15(20)18-12-8-6-7-11(9-12)14(19)17-5-2/h6-10,13H,4-5,16H2,1-3H3,(H,17,19)(H,18,20). The maximum Gasteiger partial charge on any atom is 0.251 e. The molecule has 4 N–H and O–H groups in total. The Morgan fingerprint density at radius 3 is 2.60 bits per heavy atom. The van der Waals surface area contributed by atoms with Gasteiger partial charge in [-0.3, -0.25) is 9.59 Å². The second-order valence-corrected chi connectivity index (χ2v) is 4.84. The van der Waals surface area contributed by atoms with Gasteiger partial charge in [0.25, 0.3) is 5.91 Å². The molecule has 2 amide bonds. The minimum Gasteiger partial charge on any atom is -0.352 e. The second-order valence-electron chi connectivity index (χ2n) is 4.84. The Balaban J connectivity index is 2.76. The molecule has 0 bridgehead atoms. The van der Waals surface area contributed by atoms with Crippen molar-refractivity contribution in [2.75, 3.05) is 11.9 Å². The molecule has 0 radical (unpaired) electrons. The summed E-state index contributed by atoms with van der Waals surface area (Å²) in [6.45, 7) is 6.35. The Bertz CT molecular complexity index is 474. The van der Waals surface area contributed by atoms with Gasteiger partial charge in [0.2, 0.25) is 5.91 Å². The van der Waals surface area contributed by atoms with E-state index in [1.54, 1.807) is 24.3 Å². The molecule has 0 heterocycles. The Labute approximate surface area is 119 Å². The fourth-order valence-electron chi connectivity index (χ4n) is 1.74. The second kappa shape index (κ2) is 7.65. The van der Waals surface area contributed by atoms with Crippen LogP contribution in [-0.4, -0.2) is 24.4 Å². The summed E-state index contributed by atoms with van der Waals surface area (Å²) in [4.78, 5) is 23.7. The quantitative estimate of drug-likeness (QED) is 0.740. The van der Waals surface area contributed by atoms with E-state index in [4.69, 9.17) is 5.73 Å². The molecule has 5 heteroatoms. The van der Waals surface area contributed by atoms with E-state index in [9.17, 15) is 9.59 Å². The fourth-order valence-corrected chi connectivity index (χ4v) is 1.74. The van der Waals surface area contributed by atoms with Crippen LogP contribution in [0.5, 0.6) is 0 Å². The molecule has 0 aliphatic rings. The first-order valence-corrected chi connectivity index (χ1v) is 6.94. The molecule has 0 aromatic heterocycles. The summed E-state index contributed by atoms with van der Waals surface area (Å²) in [5.74, 6) is -0.274. The minimum atomic E-state index is -0.548. The molecule has 5 nitrogen and oxygen atoms in total. The zero-order chi connectivity index (χ0) is 15.1. The average Bonchev–Trinajstić information content (AvgIpc) is 2.46. The lowest BCUT2D eigenvalue weighted by Gasteiger charge is -2.17. The van der Waals surface area contributed by atoms with Crippen LogP contribution >= 0.6 is 0 Å². The Morgan fingerprint density at radius 2 is 2.00 bits per heavy atom. The van der Waals surface area contributed by atoms with E-state index in [-0.39, 0.29) is 17.7 Å². The Morgan fingerprint density at radius 1 is 1.30 bits per heavy atom. The summed E-state index contributed by atoms with van der Waals surface area (Å²) in [6.07, 6.45) is 0.841. The first kappa shape index (κ1) is 16.2. The number of nitrogens with one attached hydrogen (secondary N) is 2. The van der Waals surface area contributed by atoms with Gasteiger partial charge in [0, 0.05) is 17.8 Å². The van der Waals surface area contributed by atoms with Crippen LogP contribution in [0.4, 0.5) is 5.69 Å². The summed E-state index contributed by atoms with van der Waals surface area (Å²) < 4.78 is 0. The molecule has 0 spiro atoms. The third-order valence-electron chi connectivity index (χ3n) is 3.29. The van der Waals surface area contributed by atoms with Gasteiger partial charge in [-0.25, -0.2) is 0 Å². The first-order chi connectivity index (χ1) is 9.49. The number of benzene rings is 1. The molecule has 1 aromatic carbocycles. The largest absolute Gasteiger partial charge is 0.352 e. The van der Waals surface area contributed by atoms with Crippen molar-refractivity contribution in [1.82, 2.24) is 5.32 Å². The molecule has 1 aromatic rings. The van der Waals surface area contributed by atoms with Crippen molar-refractivity contribution in [3.05, 3.63) is 29.8 Å². The molecular weight excluding hydrogens is 254 g/mol. The van der Waals surface area contributed by atoms with E-state index in [0.29, 0.717) is 17.8 Å². The summed E-state index contributed by atoms with van der Waals surface area (Å²) >= 11 is 0. The van der Waals surface area contributed by atoms with E-state index in [1.807, 2.05) is 20.8 Å². The van der Waals surface area contributed by atoms with Crippen LogP contribution in [0, 0.1) is 5.92 Å². The number of amides is 2. The summed E-state index contributed by atoms with van der Waals surface area (Å²) in [7, 11) is 0. The van der Waals surface area contributed by atoms with E-state index in [1.165, 1.54) is 0 Å². The molecule has 1 rings (SSSR count). The Kier molecular flexibility index (Phi) is 6.18. The molecule has 0 fully saturated rings. The highest BCUT2D eigenvalue weighted by molar-refractivity contribution is 5.98. The number of hydrogen-bond donors (Lipinski definition) is 3. The van der Waals surface area contributed by atoms with Gasteiger partial charge in [-0.15, -0.1) is 0 Å². The van der Waals surface area contributed by atoms with Crippen LogP contribution in [0.2, 0.25) is 0 Å². The predicted octanol–water partition coefficient (Wildman–Crippen LogP) is 1.75. The van der Waals surface area contributed by atoms with Gasteiger partial charge in [0.05, 0.1) is 6.04 Å². The SMILES string of the molecule is CCNC(=O)c1cccc(NC(=O)C(N)C(C)CC)c1. The summed E-state index contributed by atoms with van der Waals surface area (Å²) in [5.41, 5.74) is 6.97. The summed E-state index contributed by atoms with van der Waals surface area (Å²) in [5, 5.41) is 5.47. The lowest BCUT2D eigenvalue weighted by molar-refractivity contribution is -0.118. The third-order valence-corrected chi connectivity index (χ3v) is 3.29. The van der Waals surface area contributed by atoms with Crippen molar-refractivity contribution in [2.24, 2.45) is 11.7 Å². The number of hydrogen-bond acceptors (Lipinski definition) is 3. The van der Waals surface area contributed by atoms with Gasteiger partial charge in [0.1, 0.15) is 0 Å². The number of nitrogens with two attached hydrogens (primary N) is 1. The van der Waals surface area contributed by atoms with Gasteiger partial charge in [-0.2, -0.15) is 0 Å². The maximum atomic E-state index is 12.0. The highest BCUT2D eigenvalue weighted by Crippen LogP contribution is 2.13. The van der Waals surface area contributed by atoms with E-state index >= 15 is 0 Å². The Hall–Kier alpha value is -1.88. The average molecular weight is 277 g/mol. The van der Waals surface area contributed by atoms with E-state index in [2.05, 4.69) is 10.6 Å². The minimum absolute atomic E-state index is 0.113. The molecular formula is C15H23N3O2. The molecule has 0 aliphatic heterocycles. The van der Waals surface area contributed by atoms with Crippen LogP contribution in [0.25, 0.3) is 0 Å². The van der Waals surface area contributed by atoms with Crippen LogP contribution in [0.3, 0.4) is 0 Å². The van der Waals surface area contributed by atoms with Crippen molar-refractivity contribution >= 4 is 17.5 Å². The zero-order valence-corrected chi connectivity index (χ0v) is 12.3. The lowest BCUT2D eigenvalue weighted by atomic mass is 9.99. The van der Waals surface area contributed by atoms with E-state index in [0.717, 1.165) is 6.42 Å². The van der Waals surface area contributed by atoms with Crippen molar-refractivity contribution in [3.63, 3.8) is 0 Å². The monoisotopic (exact) mass is 277 g/mol. The maximum absolute atomic E-state index is 12.0. The van der Waals surface area contributed by atoms with Gasteiger partial charge >= 0.3 is 0 Å². The lowest BCUT2D eigenvalue weighted by Crippen LogP contribution is -2.40. The molecule has 2 atom stereocenters. The van der Waals surface area contributed by atoms with Gasteiger partial charge in [0.15, 0.2) is 0 Å². The van der Waals surface area contributed by atoms with Gasteiger partial charge in [-0.05, 0) is 31.0 Å². The molecule has 0 aliphatic carbocycles. The van der Waals surface area contributed by atoms with Crippen LogP contribution in [0.15, 0.2) is 24.3 Å². The van der Waals surface area contributed by atoms with Crippen LogP contribution < -0.4 is 16.4 Å². The number of rotatable bonds is 6. The third kappa shape index (κ3) is 4.35. The van der Waals surface area contributed by atoms with Crippen molar-refractivity contribution in [1.29, 1.82) is 0 Å². The number of carbonyl (C=O) groups is 2. The zero-order valence-electron chi connectivity index (χ0n) is 12.3. The first-order valence-electron chi connectivity index (χ1n) is 6.94. The topological polar surface area (TPSA) is 84.2 Å². The van der Waals surface area contributed by atoms with Gasteiger partial charge < -0.3 is 16.4 Å². The van der Waals surface area contributed by atoms with Crippen LogP contribution in [0.1, 0.15) is 37.6 Å². The highest BCUT2D eigenvalue weighted by atomic mass is 16.2. The van der Waals surface area contributed by atoms with Crippen molar-refractivity contribution < 1.29 is 9.59 Å². The number of anilines is 1. The highest BCUT2D eigenvalue weighted by Gasteiger charge is 2.19. The van der Waals surface area contributed by atoms with Crippen LogP contribution in [-0.2, 0) is 4.79 Å². The van der Waals surface area contributed by atoms with Crippen molar-refractivity contribution in [3.8, 4) is 0 Å². The smallest absolute Gasteiger partial charge is 0.251 e. The molecule has 20 heavy (non-hydrogen) atoms. The molecule has 0 saturated heterocycles.